The van der Waals surface area contributed by atoms with Gasteiger partial charge in [0.1, 0.15) is 5.92 Å². The molecule has 0 bridgehead atoms. The van der Waals surface area contributed by atoms with Crippen LogP contribution in [0.15, 0.2) is 113 Å². The number of aromatic nitrogens is 2. The van der Waals surface area contributed by atoms with E-state index in [-0.39, 0.29) is 17.2 Å². The number of fused-ring (bicyclic) bond motifs is 1. The third-order valence-electron chi connectivity index (χ3n) is 7.50. The van der Waals surface area contributed by atoms with Crippen molar-refractivity contribution < 1.29 is 23.1 Å². The molecule has 2 amide bonds. The van der Waals surface area contributed by atoms with Crippen molar-refractivity contribution in [1.29, 1.82) is 0 Å². The van der Waals surface area contributed by atoms with Gasteiger partial charge in [0.2, 0.25) is 17.7 Å². The van der Waals surface area contributed by atoms with Crippen molar-refractivity contribution in [2.45, 2.75) is 25.2 Å². The Hall–Kier alpha value is -5.16. The Morgan fingerprint density at radius 3 is 2.14 bits per heavy atom. The number of imidazole rings is 1. The van der Waals surface area contributed by atoms with Crippen molar-refractivity contribution in [3.05, 3.63) is 119 Å². The highest BCUT2D eigenvalue weighted by Crippen LogP contribution is 2.22. The summed E-state index contributed by atoms with van der Waals surface area (Å²) in [6.45, 7) is 4.25. The molecule has 0 saturated carbocycles. The van der Waals surface area contributed by atoms with Crippen LogP contribution in [0, 0.1) is 5.92 Å². The van der Waals surface area contributed by atoms with Gasteiger partial charge in [-0.05, 0) is 73.0 Å². The van der Waals surface area contributed by atoms with E-state index in [0.29, 0.717) is 35.4 Å². The van der Waals surface area contributed by atoms with Gasteiger partial charge in [0.25, 0.3) is 10.0 Å². The van der Waals surface area contributed by atoms with Gasteiger partial charge in [-0.2, -0.15) is 0 Å². The summed E-state index contributed by atoms with van der Waals surface area (Å²) in [5.41, 5.74) is 1.05. The molecule has 10 nitrogen and oxygen atoms in total. The third kappa shape index (κ3) is 6.13. The van der Waals surface area contributed by atoms with E-state index >= 15 is 0 Å². The number of hydrogen-bond acceptors (Lipinski definition) is 6. The lowest BCUT2D eigenvalue weighted by atomic mass is 9.97. The highest BCUT2D eigenvalue weighted by atomic mass is 32.2. The van der Waals surface area contributed by atoms with Gasteiger partial charge in [-0.15, -0.1) is 0 Å². The monoisotopic (exact) mass is 612 g/mol. The first-order chi connectivity index (χ1) is 21.1. The molecule has 0 radical (unpaired) electrons. The molecule has 0 fully saturated rings. The number of nitrogens with zero attached hydrogens (tertiary/aromatic N) is 3. The Morgan fingerprint density at radius 1 is 0.841 bits per heavy atom. The molecule has 4 aromatic carbocycles. The SMILES string of the molecule is CCN(CC)C(=O)C(Cc1ccc(-n2c(O)cn(-c3ccccc3)c2=O)cc1)C(=O)NS(=O)(=O)c1ccc2ccccc2c1. The molecular formula is C33H32N4O6S. The molecule has 1 unspecified atom stereocenters. The quantitative estimate of drug-likeness (QED) is 0.229. The number of carbonyl (C=O) groups excluding carboxylic acids is 2. The fourth-order valence-electron chi connectivity index (χ4n) is 5.11. The molecule has 1 atom stereocenters. The van der Waals surface area contributed by atoms with Crippen LogP contribution >= 0.6 is 0 Å². The van der Waals surface area contributed by atoms with Gasteiger partial charge < -0.3 is 10.0 Å². The normalized spacial score (nSPS) is 12.1. The molecule has 0 aliphatic rings. The smallest absolute Gasteiger partial charge is 0.340 e. The number of rotatable bonds is 10. The predicted octanol–water partition coefficient (Wildman–Crippen LogP) is 4.02. The highest BCUT2D eigenvalue weighted by molar-refractivity contribution is 7.90. The lowest BCUT2D eigenvalue weighted by molar-refractivity contribution is -0.141. The van der Waals surface area contributed by atoms with E-state index in [0.717, 1.165) is 9.95 Å². The van der Waals surface area contributed by atoms with E-state index in [1.165, 1.54) is 27.8 Å². The maximum atomic E-state index is 13.5. The van der Waals surface area contributed by atoms with Crippen molar-refractivity contribution in [1.82, 2.24) is 18.8 Å². The predicted molar refractivity (Wildman–Crippen MR) is 167 cm³/mol. The Morgan fingerprint density at radius 2 is 1.48 bits per heavy atom. The topological polar surface area (TPSA) is 131 Å². The van der Waals surface area contributed by atoms with E-state index in [2.05, 4.69) is 4.72 Å². The number of amides is 2. The number of nitrogens with one attached hydrogen (secondary N) is 1. The van der Waals surface area contributed by atoms with Crippen LogP contribution < -0.4 is 10.4 Å². The summed E-state index contributed by atoms with van der Waals surface area (Å²) in [7, 11) is -4.27. The first-order valence-corrected chi connectivity index (χ1v) is 15.6. The van der Waals surface area contributed by atoms with Crippen molar-refractivity contribution in [3.63, 3.8) is 0 Å². The molecule has 2 N–H and O–H groups in total. The number of carbonyl (C=O) groups is 2. The maximum Gasteiger partial charge on any atom is 0.340 e. The molecule has 5 aromatic rings. The number of para-hydroxylation sites is 1. The molecule has 11 heteroatoms. The Bertz CT molecular complexity index is 1980. The van der Waals surface area contributed by atoms with E-state index in [1.807, 2.05) is 18.2 Å². The minimum atomic E-state index is -4.27. The molecule has 0 aliphatic carbocycles. The van der Waals surface area contributed by atoms with Crippen molar-refractivity contribution >= 4 is 32.6 Å². The van der Waals surface area contributed by atoms with Crippen LogP contribution in [0.1, 0.15) is 19.4 Å². The number of aromatic hydroxyl groups is 1. The molecule has 0 spiro atoms. The summed E-state index contributed by atoms with van der Waals surface area (Å²) >= 11 is 0. The van der Waals surface area contributed by atoms with E-state index in [4.69, 9.17) is 0 Å². The largest absolute Gasteiger partial charge is 0.493 e. The molecular weight excluding hydrogens is 580 g/mol. The zero-order valence-corrected chi connectivity index (χ0v) is 25.1. The number of hydrogen-bond donors (Lipinski definition) is 2. The Labute approximate surface area is 254 Å². The molecule has 0 saturated heterocycles. The summed E-state index contributed by atoms with van der Waals surface area (Å²) in [5.74, 6) is -3.03. The van der Waals surface area contributed by atoms with Crippen LogP contribution in [0.25, 0.3) is 22.1 Å². The minimum absolute atomic E-state index is 0.0827. The van der Waals surface area contributed by atoms with Crippen molar-refractivity contribution in [3.8, 4) is 17.3 Å². The first kappa shape index (κ1) is 30.3. The average Bonchev–Trinajstić information content (AvgIpc) is 3.33. The van der Waals surface area contributed by atoms with Gasteiger partial charge in [0.05, 0.1) is 22.5 Å². The molecule has 1 aromatic heterocycles. The van der Waals surface area contributed by atoms with E-state index < -0.39 is 33.4 Å². The third-order valence-corrected chi connectivity index (χ3v) is 8.84. The van der Waals surface area contributed by atoms with Crippen molar-refractivity contribution in [2.75, 3.05) is 13.1 Å². The summed E-state index contributed by atoms with van der Waals surface area (Å²) < 4.78 is 31.0. The summed E-state index contributed by atoms with van der Waals surface area (Å²) in [5, 5.41) is 12.1. The Balaban J connectivity index is 1.41. The molecule has 5 rings (SSSR count). The summed E-state index contributed by atoms with van der Waals surface area (Å²) in [6.07, 6.45) is 1.24. The summed E-state index contributed by atoms with van der Waals surface area (Å²) in [4.78, 5) is 41.4. The molecule has 1 heterocycles. The van der Waals surface area contributed by atoms with Gasteiger partial charge in [0.15, 0.2) is 0 Å². The number of sulfonamides is 1. The highest BCUT2D eigenvalue weighted by Gasteiger charge is 2.33. The van der Waals surface area contributed by atoms with Crippen LogP contribution in [0.4, 0.5) is 0 Å². The second-order valence-corrected chi connectivity index (χ2v) is 11.9. The summed E-state index contributed by atoms with van der Waals surface area (Å²) in [6, 6.07) is 27.1. The minimum Gasteiger partial charge on any atom is -0.493 e. The van der Waals surface area contributed by atoms with E-state index in [1.54, 1.807) is 80.6 Å². The van der Waals surface area contributed by atoms with Gasteiger partial charge in [-0.25, -0.2) is 22.5 Å². The molecule has 0 aliphatic heterocycles. The van der Waals surface area contributed by atoms with Gasteiger partial charge >= 0.3 is 5.69 Å². The van der Waals surface area contributed by atoms with Gasteiger partial charge in [0, 0.05) is 13.1 Å². The zero-order valence-electron chi connectivity index (χ0n) is 24.3. The van der Waals surface area contributed by atoms with Crippen LogP contribution in [0.5, 0.6) is 5.88 Å². The van der Waals surface area contributed by atoms with Gasteiger partial charge in [-0.1, -0.05) is 60.7 Å². The van der Waals surface area contributed by atoms with Crippen molar-refractivity contribution in [2.24, 2.45) is 5.92 Å². The standard InChI is InChI=1S/C33H32N4O6S/c1-3-35(4-2)32(40)29(31(39)34-44(42,43)28-19-16-24-10-8-9-11-25(24)21-28)20-23-14-17-27(18-15-23)37-30(38)22-36(33(37)41)26-12-6-5-7-13-26/h5-19,21-22,29,38H,3-4,20H2,1-2H3,(H,34,39). The second kappa shape index (κ2) is 12.6. The fourth-order valence-corrected chi connectivity index (χ4v) is 6.17. The lowest BCUT2D eigenvalue weighted by Gasteiger charge is -2.24. The van der Waals surface area contributed by atoms with Gasteiger partial charge in [-0.3, -0.25) is 14.2 Å². The van der Waals surface area contributed by atoms with Crippen LogP contribution in [0.3, 0.4) is 0 Å². The molecule has 44 heavy (non-hydrogen) atoms. The van der Waals surface area contributed by atoms with Crippen LogP contribution in [-0.2, 0) is 26.0 Å². The second-order valence-electron chi connectivity index (χ2n) is 10.2. The van der Waals surface area contributed by atoms with Crippen LogP contribution in [-0.4, -0.2) is 52.5 Å². The number of benzene rings is 4. The first-order valence-electron chi connectivity index (χ1n) is 14.1. The fraction of sp³-hybridized carbons (Fsp3) is 0.182. The van der Waals surface area contributed by atoms with Crippen LogP contribution in [0.2, 0.25) is 0 Å². The average molecular weight is 613 g/mol. The molecule has 226 valence electrons. The lowest BCUT2D eigenvalue weighted by Crippen LogP contribution is -2.46. The maximum absolute atomic E-state index is 13.5. The van der Waals surface area contributed by atoms with E-state index in [9.17, 15) is 27.9 Å². The Kier molecular flexibility index (Phi) is 8.68. The zero-order chi connectivity index (χ0) is 31.4.